The first-order chi connectivity index (χ1) is 10.8. The Hall–Kier alpha value is -1.24. The summed E-state index contributed by atoms with van der Waals surface area (Å²) >= 11 is 0. The van der Waals surface area contributed by atoms with Gasteiger partial charge in [-0.1, -0.05) is 0 Å². The molecule has 0 aliphatic carbocycles. The molecule has 0 aromatic rings. The Morgan fingerprint density at radius 1 is 0.560 bits per heavy atom. The number of hydrogen-bond acceptors (Lipinski definition) is 1. The maximum atomic E-state index is 13.2. The second-order valence-electron chi connectivity index (χ2n) is 4.91. The van der Waals surface area contributed by atoms with Crippen LogP contribution in [0.15, 0.2) is 0 Å². The molecule has 0 atom stereocenters. The van der Waals surface area contributed by atoms with Crippen LogP contribution in [-0.2, 0) is 4.79 Å². The number of carbonyl (C=O) groups excluding carboxylic acids is 1. The molecule has 0 bridgehead atoms. The first-order valence-electron chi connectivity index (χ1n) is 6.20. The van der Waals surface area contributed by atoms with Crippen LogP contribution >= 0.6 is 0 Å². The van der Waals surface area contributed by atoms with Gasteiger partial charge in [0.25, 0.3) is 0 Å². The van der Waals surface area contributed by atoms with E-state index < -0.39 is 61.5 Å². The lowest BCUT2D eigenvalue weighted by molar-refractivity contribution is -0.440. The van der Waals surface area contributed by atoms with Crippen molar-refractivity contribution in [2.75, 3.05) is 0 Å². The van der Waals surface area contributed by atoms with Gasteiger partial charge in [-0.2, -0.15) is 57.1 Å². The second kappa shape index (κ2) is 6.82. The quantitative estimate of drug-likeness (QED) is 0.283. The Balaban J connectivity index is 5.82. The fourth-order valence-corrected chi connectivity index (χ4v) is 1.53. The molecule has 0 rings (SSSR count). The molecule has 0 amide bonds. The van der Waals surface area contributed by atoms with Crippen LogP contribution in [0.1, 0.15) is 25.7 Å². The van der Waals surface area contributed by atoms with Gasteiger partial charge in [-0.3, -0.25) is 0 Å². The van der Waals surface area contributed by atoms with Crippen LogP contribution in [0.25, 0.3) is 0 Å². The Kier molecular flexibility index (Phi) is 6.48. The first kappa shape index (κ1) is 23.8. The smallest absolute Gasteiger partial charge is 0.303 e. The van der Waals surface area contributed by atoms with Gasteiger partial charge < -0.3 is 4.79 Å². The van der Waals surface area contributed by atoms with Gasteiger partial charge in [-0.25, -0.2) is 0 Å². The monoisotopic (exact) mass is 404 g/mol. The normalized spacial score (nSPS) is 15.4. The Morgan fingerprint density at radius 3 is 1.32 bits per heavy atom. The molecule has 14 heteroatoms. The Bertz CT molecular complexity index is 465. The lowest BCUT2D eigenvalue weighted by Gasteiger charge is -2.39. The third-order valence-corrected chi connectivity index (χ3v) is 3.06. The highest BCUT2D eigenvalue weighted by molar-refractivity contribution is 5.48. The lowest BCUT2D eigenvalue weighted by atomic mass is 9.91. The average molecular weight is 404 g/mol. The highest BCUT2D eigenvalue weighted by atomic mass is 19.4. The van der Waals surface area contributed by atoms with Gasteiger partial charge in [0, 0.05) is 12.8 Å². The number of alkyl halides is 13. The topological polar surface area (TPSA) is 17.1 Å². The number of unbranched alkanes of at least 4 members (excludes halogenated alkanes) is 2. The average Bonchev–Trinajstić information content (AvgIpc) is 2.41. The zero-order valence-electron chi connectivity index (χ0n) is 11.7. The summed E-state index contributed by atoms with van der Waals surface area (Å²) in [6, 6.07) is 0. The van der Waals surface area contributed by atoms with Crippen molar-refractivity contribution in [1.29, 1.82) is 0 Å². The van der Waals surface area contributed by atoms with Crippen molar-refractivity contribution >= 4 is 6.29 Å². The van der Waals surface area contributed by atoms with E-state index in [1.807, 2.05) is 0 Å². The standard InChI is InChI=1S/C11H9F13O/c12-6(13,4-2-1-3-5-25)7(14,15)8(16,17)9(18,19)10(20,21)11(22,23)24/h5H,1-4H2. The zero-order chi connectivity index (χ0) is 20.5. The molecule has 0 N–H and O–H groups in total. The van der Waals surface area contributed by atoms with E-state index >= 15 is 0 Å². The van der Waals surface area contributed by atoms with Crippen LogP contribution in [-0.4, -0.2) is 42.1 Å². The van der Waals surface area contributed by atoms with Gasteiger partial charge in [0.05, 0.1) is 0 Å². The van der Waals surface area contributed by atoms with Gasteiger partial charge in [-0.05, 0) is 12.8 Å². The molecule has 0 aliphatic heterocycles. The van der Waals surface area contributed by atoms with Crippen LogP contribution < -0.4 is 0 Å². The van der Waals surface area contributed by atoms with E-state index in [0.29, 0.717) is 0 Å². The summed E-state index contributed by atoms with van der Waals surface area (Å²) in [6.07, 6.45) is -11.7. The van der Waals surface area contributed by atoms with Crippen molar-refractivity contribution in [2.24, 2.45) is 0 Å². The minimum absolute atomic E-state index is 0.128. The highest BCUT2D eigenvalue weighted by Crippen LogP contribution is 2.60. The molecule has 25 heavy (non-hydrogen) atoms. The van der Waals surface area contributed by atoms with Crippen LogP contribution in [0.3, 0.4) is 0 Å². The third kappa shape index (κ3) is 3.81. The SMILES string of the molecule is O=CCCCCC(F)(F)C(F)(F)C(F)(F)C(F)(F)C(F)(F)C(F)(F)F. The molecule has 0 heterocycles. The fraction of sp³-hybridized carbons (Fsp3) is 0.909. The molecule has 0 radical (unpaired) electrons. The van der Waals surface area contributed by atoms with Gasteiger partial charge in [0.15, 0.2) is 0 Å². The fourth-order valence-electron chi connectivity index (χ4n) is 1.53. The van der Waals surface area contributed by atoms with Gasteiger partial charge >= 0.3 is 35.8 Å². The summed E-state index contributed by atoms with van der Waals surface area (Å²) in [6.45, 7) is 0. The molecule has 0 spiro atoms. The maximum Gasteiger partial charge on any atom is 0.460 e. The lowest BCUT2D eigenvalue weighted by Crippen LogP contribution is -2.70. The molecular formula is C11H9F13O. The third-order valence-electron chi connectivity index (χ3n) is 3.06. The predicted octanol–water partition coefficient (Wildman–Crippen LogP) is 5.48. The van der Waals surface area contributed by atoms with E-state index in [1.54, 1.807) is 0 Å². The van der Waals surface area contributed by atoms with Gasteiger partial charge in [0.1, 0.15) is 6.29 Å². The summed E-state index contributed by atoms with van der Waals surface area (Å²) in [5, 5.41) is 0. The van der Waals surface area contributed by atoms with Crippen molar-refractivity contribution in [1.82, 2.24) is 0 Å². The predicted molar refractivity (Wildman–Crippen MR) is 55.3 cm³/mol. The van der Waals surface area contributed by atoms with E-state index in [-0.39, 0.29) is 6.29 Å². The van der Waals surface area contributed by atoms with E-state index in [9.17, 15) is 61.9 Å². The van der Waals surface area contributed by atoms with E-state index in [1.165, 1.54) is 0 Å². The molecule has 150 valence electrons. The first-order valence-corrected chi connectivity index (χ1v) is 6.20. The van der Waals surface area contributed by atoms with Crippen molar-refractivity contribution in [3.63, 3.8) is 0 Å². The summed E-state index contributed by atoms with van der Waals surface area (Å²) < 4.78 is 165. The highest BCUT2D eigenvalue weighted by Gasteiger charge is 2.90. The number of halogens is 13. The molecule has 0 unspecified atom stereocenters. The van der Waals surface area contributed by atoms with Gasteiger partial charge in [-0.15, -0.1) is 0 Å². The minimum atomic E-state index is -7.87. The van der Waals surface area contributed by atoms with Crippen molar-refractivity contribution in [2.45, 2.75) is 61.5 Å². The zero-order valence-corrected chi connectivity index (χ0v) is 11.7. The molecule has 0 saturated carbocycles. The summed E-state index contributed by atoms with van der Waals surface area (Å²) in [4.78, 5) is 9.88. The van der Waals surface area contributed by atoms with Crippen LogP contribution in [0.2, 0.25) is 0 Å². The molecule has 0 fully saturated rings. The van der Waals surface area contributed by atoms with E-state index in [0.717, 1.165) is 0 Å². The van der Waals surface area contributed by atoms with Crippen LogP contribution in [0.5, 0.6) is 0 Å². The minimum Gasteiger partial charge on any atom is -0.303 e. The molecule has 0 aliphatic rings. The Labute approximate surface area is 131 Å². The number of carbonyl (C=O) groups is 1. The van der Waals surface area contributed by atoms with Crippen molar-refractivity contribution < 1.29 is 61.9 Å². The number of aldehydes is 1. The Morgan fingerprint density at radius 2 is 0.960 bits per heavy atom. The molecule has 0 aromatic heterocycles. The largest absolute Gasteiger partial charge is 0.460 e. The molecular weight excluding hydrogens is 395 g/mol. The molecule has 0 saturated heterocycles. The molecule has 1 nitrogen and oxygen atoms in total. The van der Waals surface area contributed by atoms with Crippen LogP contribution in [0.4, 0.5) is 57.1 Å². The summed E-state index contributed by atoms with van der Waals surface area (Å²) in [5.41, 5.74) is 0. The summed E-state index contributed by atoms with van der Waals surface area (Å²) in [7, 11) is 0. The maximum absolute atomic E-state index is 13.2. The van der Waals surface area contributed by atoms with E-state index in [4.69, 9.17) is 0 Å². The number of rotatable bonds is 9. The van der Waals surface area contributed by atoms with Crippen molar-refractivity contribution in [3.05, 3.63) is 0 Å². The van der Waals surface area contributed by atoms with Crippen LogP contribution in [0, 0.1) is 0 Å². The van der Waals surface area contributed by atoms with Gasteiger partial charge in [0.2, 0.25) is 0 Å². The molecule has 0 aromatic carbocycles. The van der Waals surface area contributed by atoms with E-state index in [2.05, 4.69) is 0 Å². The summed E-state index contributed by atoms with van der Waals surface area (Å²) in [5.74, 6) is -36.6. The second-order valence-corrected chi connectivity index (χ2v) is 4.91. The van der Waals surface area contributed by atoms with Crippen molar-refractivity contribution in [3.8, 4) is 0 Å². The number of hydrogen-bond donors (Lipinski definition) is 0.